The molecule has 1 aromatic rings. The minimum Gasteiger partial charge on any atom is -0.325 e. The number of carbonyl (C=O) groups is 3. The summed E-state index contributed by atoms with van der Waals surface area (Å²) in [5.74, 6) is -0.0615. The van der Waals surface area contributed by atoms with Gasteiger partial charge in [-0.2, -0.15) is 0 Å². The summed E-state index contributed by atoms with van der Waals surface area (Å²) in [6, 6.07) is 7.08. The largest absolute Gasteiger partial charge is 0.325 e. The molecule has 1 aliphatic carbocycles. The van der Waals surface area contributed by atoms with Crippen LogP contribution in [0.2, 0.25) is 0 Å². The molecule has 1 aliphatic heterocycles. The molecule has 25 heavy (non-hydrogen) atoms. The molecule has 1 spiro atoms. The maximum atomic E-state index is 12.7. The summed E-state index contributed by atoms with van der Waals surface area (Å²) in [4.78, 5) is 38.3. The van der Waals surface area contributed by atoms with Gasteiger partial charge in [-0.1, -0.05) is 26.0 Å². The SMILES string of the molecule is CCc1ccc(NC(=O)CN2C(=O)NC3(CCC(C)CC3)C2=O)cc1. The Hall–Kier alpha value is -2.37. The van der Waals surface area contributed by atoms with Crippen molar-refractivity contribution in [1.29, 1.82) is 0 Å². The molecular weight excluding hydrogens is 318 g/mol. The van der Waals surface area contributed by atoms with Crippen molar-refractivity contribution in [2.45, 2.75) is 51.5 Å². The summed E-state index contributed by atoms with van der Waals surface area (Å²) < 4.78 is 0. The lowest BCUT2D eigenvalue weighted by Crippen LogP contribution is -2.49. The van der Waals surface area contributed by atoms with Gasteiger partial charge >= 0.3 is 6.03 Å². The second kappa shape index (κ2) is 6.86. The van der Waals surface area contributed by atoms with Crippen LogP contribution >= 0.6 is 0 Å². The Kier molecular flexibility index (Phi) is 4.79. The topological polar surface area (TPSA) is 78.5 Å². The number of carbonyl (C=O) groups excluding carboxylic acids is 3. The molecule has 2 N–H and O–H groups in total. The molecule has 1 heterocycles. The number of hydrogen-bond donors (Lipinski definition) is 2. The summed E-state index contributed by atoms with van der Waals surface area (Å²) in [5, 5.41) is 5.58. The van der Waals surface area contributed by atoms with E-state index < -0.39 is 11.6 Å². The molecule has 6 heteroatoms. The van der Waals surface area contributed by atoms with Gasteiger partial charge in [0.1, 0.15) is 12.1 Å². The summed E-state index contributed by atoms with van der Waals surface area (Å²) in [6.45, 7) is 3.97. The number of aryl methyl sites for hydroxylation is 1. The molecule has 1 aromatic carbocycles. The van der Waals surface area contributed by atoms with Gasteiger partial charge < -0.3 is 10.6 Å². The van der Waals surface area contributed by atoms with Crippen LogP contribution in [0, 0.1) is 5.92 Å². The minimum absolute atomic E-state index is 0.252. The molecule has 0 unspecified atom stereocenters. The van der Waals surface area contributed by atoms with Crippen molar-refractivity contribution in [2.75, 3.05) is 11.9 Å². The first kappa shape index (κ1) is 17.5. The Balaban J connectivity index is 1.62. The fourth-order valence-electron chi connectivity index (χ4n) is 3.58. The van der Waals surface area contributed by atoms with E-state index in [0.717, 1.165) is 24.2 Å². The number of nitrogens with zero attached hydrogens (tertiary/aromatic N) is 1. The second-order valence-electron chi connectivity index (χ2n) is 7.18. The Morgan fingerprint density at radius 1 is 1.24 bits per heavy atom. The quantitative estimate of drug-likeness (QED) is 0.825. The van der Waals surface area contributed by atoms with Crippen LogP contribution < -0.4 is 10.6 Å². The molecule has 1 saturated heterocycles. The fourth-order valence-corrected chi connectivity index (χ4v) is 3.58. The van der Waals surface area contributed by atoms with Crippen LogP contribution in [0.3, 0.4) is 0 Å². The third-order valence-corrected chi connectivity index (χ3v) is 5.32. The van der Waals surface area contributed by atoms with Crippen molar-refractivity contribution in [3.63, 3.8) is 0 Å². The predicted molar refractivity (Wildman–Crippen MR) is 95.1 cm³/mol. The van der Waals surface area contributed by atoms with Crippen LogP contribution in [-0.2, 0) is 16.0 Å². The lowest BCUT2D eigenvalue weighted by Gasteiger charge is -2.33. The van der Waals surface area contributed by atoms with Crippen molar-refractivity contribution in [1.82, 2.24) is 10.2 Å². The zero-order valence-corrected chi connectivity index (χ0v) is 14.8. The van der Waals surface area contributed by atoms with Gasteiger partial charge in [-0.15, -0.1) is 0 Å². The molecule has 2 fully saturated rings. The molecule has 4 amide bonds. The molecule has 0 aromatic heterocycles. The molecular formula is C19H25N3O3. The fraction of sp³-hybridized carbons (Fsp3) is 0.526. The van der Waals surface area contributed by atoms with E-state index >= 15 is 0 Å². The van der Waals surface area contributed by atoms with Crippen molar-refractivity contribution in [2.24, 2.45) is 5.92 Å². The van der Waals surface area contributed by atoms with Crippen molar-refractivity contribution in [3.05, 3.63) is 29.8 Å². The van der Waals surface area contributed by atoms with Gasteiger partial charge in [0.05, 0.1) is 0 Å². The molecule has 134 valence electrons. The van der Waals surface area contributed by atoms with E-state index in [1.54, 1.807) is 0 Å². The monoisotopic (exact) mass is 343 g/mol. The van der Waals surface area contributed by atoms with Gasteiger partial charge in [0.2, 0.25) is 5.91 Å². The highest BCUT2D eigenvalue weighted by Gasteiger charge is 2.52. The number of benzene rings is 1. The highest BCUT2D eigenvalue weighted by atomic mass is 16.2. The van der Waals surface area contributed by atoms with E-state index in [1.807, 2.05) is 24.3 Å². The van der Waals surface area contributed by atoms with Gasteiger partial charge in [0.25, 0.3) is 5.91 Å². The average molecular weight is 343 g/mol. The van der Waals surface area contributed by atoms with Crippen LogP contribution in [0.1, 0.15) is 45.1 Å². The van der Waals surface area contributed by atoms with E-state index in [1.165, 1.54) is 5.56 Å². The predicted octanol–water partition coefficient (Wildman–Crippen LogP) is 2.69. The van der Waals surface area contributed by atoms with Gasteiger partial charge in [0.15, 0.2) is 0 Å². The molecule has 0 atom stereocenters. The molecule has 1 saturated carbocycles. The molecule has 3 rings (SSSR count). The Morgan fingerprint density at radius 2 is 1.88 bits per heavy atom. The minimum atomic E-state index is -0.799. The normalized spacial score (nSPS) is 26.0. The number of nitrogens with one attached hydrogen (secondary N) is 2. The van der Waals surface area contributed by atoms with Crippen LogP contribution in [-0.4, -0.2) is 34.8 Å². The number of rotatable bonds is 4. The second-order valence-corrected chi connectivity index (χ2v) is 7.18. The van der Waals surface area contributed by atoms with E-state index in [9.17, 15) is 14.4 Å². The third-order valence-electron chi connectivity index (χ3n) is 5.32. The zero-order valence-electron chi connectivity index (χ0n) is 14.8. The summed E-state index contributed by atoms with van der Waals surface area (Å²) in [5.41, 5.74) is 1.04. The maximum absolute atomic E-state index is 12.7. The highest BCUT2D eigenvalue weighted by molar-refractivity contribution is 6.10. The number of imide groups is 1. The van der Waals surface area contributed by atoms with E-state index in [4.69, 9.17) is 0 Å². The number of amides is 4. The van der Waals surface area contributed by atoms with Crippen molar-refractivity contribution < 1.29 is 14.4 Å². The van der Waals surface area contributed by atoms with Gasteiger partial charge in [-0.3, -0.25) is 14.5 Å². The van der Waals surface area contributed by atoms with Crippen molar-refractivity contribution in [3.8, 4) is 0 Å². The number of hydrogen-bond acceptors (Lipinski definition) is 3. The first-order valence-electron chi connectivity index (χ1n) is 8.96. The van der Waals surface area contributed by atoms with Crippen LogP contribution in [0.4, 0.5) is 10.5 Å². The number of urea groups is 1. The standard InChI is InChI=1S/C19H25N3O3/c1-3-14-4-6-15(7-5-14)20-16(23)12-22-17(24)19(21-18(22)25)10-8-13(2)9-11-19/h4-7,13H,3,8-12H2,1-2H3,(H,20,23)(H,21,25). The smallest absolute Gasteiger partial charge is 0.325 e. The van der Waals surface area contributed by atoms with Crippen LogP contribution in [0.5, 0.6) is 0 Å². The van der Waals surface area contributed by atoms with E-state index in [2.05, 4.69) is 24.5 Å². The van der Waals surface area contributed by atoms with Gasteiger partial charge in [-0.05, 0) is 55.7 Å². The molecule has 6 nitrogen and oxygen atoms in total. The highest BCUT2D eigenvalue weighted by Crippen LogP contribution is 2.36. The Labute approximate surface area is 148 Å². The van der Waals surface area contributed by atoms with Gasteiger partial charge in [-0.25, -0.2) is 4.79 Å². The molecule has 2 aliphatic rings. The third kappa shape index (κ3) is 3.52. The maximum Gasteiger partial charge on any atom is 0.325 e. The van der Waals surface area contributed by atoms with E-state index in [-0.39, 0.29) is 18.4 Å². The van der Waals surface area contributed by atoms with Crippen LogP contribution in [0.15, 0.2) is 24.3 Å². The van der Waals surface area contributed by atoms with E-state index in [0.29, 0.717) is 24.4 Å². The molecule has 0 bridgehead atoms. The first-order valence-corrected chi connectivity index (χ1v) is 8.96. The van der Waals surface area contributed by atoms with Crippen molar-refractivity contribution >= 4 is 23.5 Å². The summed E-state index contributed by atoms with van der Waals surface area (Å²) in [7, 11) is 0. The lowest BCUT2D eigenvalue weighted by molar-refractivity contribution is -0.135. The lowest BCUT2D eigenvalue weighted by atomic mass is 9.77. The number of anilines is 1. The Bertz CT molecular complexity index is 676. The van der Waals surface area contributed by atoms with Gasteiger partial charge in [0, 0.05) is 5.69 Å². The Morgan fingerprint density at radius 3 is 2.48 bits per heavy atom. The zero-order chi connectivity index (χ0) is 18.0. The van der Waals surface area contributed by atoms with Crippen LogP contribution in [0.25, 0.3) is 0 Å². The average Bonchev–Trinajstić information content (AvgIpc) is 2.83. The summed E-state index contributed by atoms with van der Waals surface area (Å²) >= 11 is 0. The molecule has 0 radical (unpaired) electrons. The first-order chi connectivity index (χ1) is 11.9. The summed E-state index contributed by atoms with van der Waals surface area (Å²) in [6.07, 6.45) is 4.05.